The normalized spacial score (nSPS) is 10.8. The van der Waals surface area contributed by atoms with Gasteiger partial charge in [-0.1, -0.05) is 13.8 Å². The Morgan fingerprint density at radius 3 is 2.65 bits per heavy atom. The van der Waals surface area contributed by atoms with Crippen LogP contribution in [-0.4, -0.2) is 29.1 Å². The fraction of sp³-hybridized carbons (Fsp3) is 0.462. The quantitative estimate of drug-likeness (QED) is 0.829. The number of aromatic carboxylic acids is 1. The molecule has 17 heavy (non-hydrogen) atoms. The van der Waals surface area contributed by atoms with E-state index in [1.807, 2.05) is 6.92 Å². The van der Waals surface area contributed by atoms with Gasteiger partial charge in [0, 0.05) is 12.1 Å². The zero-order valence-electron chi connectivity index (χ0n) is 10.2. The Morgan fingerprint density at radius 2 is 2.12 bits per heavy atom. The monoisotopic (exact) mass is 239 g/mol. The highest BCUT2D eigenvalue weighted by molar-refractivity contribution is 5.87. The first-order chi connectivity index (χ1) is 8.08. The van der Waals surface area contributed by atoms with Crippen LogP contribution < -0.4 is 0 Å². The van der Waals surface area contributed by atoms with Gasteiger partial charge in [0.2, 0.25) is 0 Å². The number of rotatable bonds is 6. The zero-order chi connectivity index (χ0) is 12.8. The van der Waals surface area contributed by atoms with E-state index in [4.69, 9.17) is 5.11 Å². The van der Waals surface area contributed by atoms with E-state index in [1.54, 1.807) is 0 Å². The van der Waals surface area contributed by atoms with Crippen molar-refractivity contribution in [2.75, 3.05) is 13.1 Å². The minimum atomic E-state index is -1.02. The van der Waals surface area contributed by atoms with E-state index >= 15 is 0 Å². The maximum Gasteiger partial charge on any atom is 0.335 e. The summed E-state index contributed by atoms with van der Waals surface area (Å²) >= 11 is 0. The van der Waals surface area contributed by atoms with Crippen LogP contribution in [0.2, 0.25) is 0 Å². The number of carbonyl (C=O) groups is 1. The molecule has 0 radical (unpaired) electrons. The van der Waals surface area contributed by atoms with Crippen LogP contribution in [0.4, 0.5) is 4.39 Å². The minimum Gasteiger partial charge on any atom is -0.478 e. The highest BCUT2D eigenvalue weighted by atomic mass is 19.1. The average Bonchev–Trinajstić information content (AvgIpc) is 2.30. The molecule has 1 N–H and O–H groups in total. The molecule has 0 unspecified atom stereocenters. The molecular formula is C13H18FNO2. The summed E-state index contributed by atoms with van der Waals surface area (Å²) < 4.78 is 13.6. The number of nitrogens with zero attached hydrogens (tertiary/aromatic N) is 1. The van der Waals surface area contributed by atoms with Crippen LogP contribution in [0.25, 0.3) is 0 Å². The summed E-state index contributed by atoms with van der Waals surface area (Å²) in [5.41, 5.74) is 0.578. The smallest absolute Gasteiger partial charge is 0.335 e. The van der Waals surface area contributed by atoms with Gasteiger partial charge in [0.05, 0.1) is 5.56 Å². The molecule has 0 aliphatic rings. The first kappa shape index (κ1) is 13.6. The summed E-state index contributed by atoms with van der Waals surface area (Å²) in [4.78, 5) is 12.9. The first-order valence-corrected chi connectivity index (χ1v) is 5.82. The van der Waals surface area contributed by atoms with Crippen molar-refractivity contribution in [3.63, 3.8) is 0 Å². The Labute approximate surface area is 101 Å². The molecule has 94 valence electrons. The molecule has 0 aliphatic heterocycles. The molecule has 1 rings (SSSR count). The minimum absolute atomic E-state index is 0.133. The number of carboxylic acids is 1. The first-order valence-electron chi connectivity index (χ1n) is 5.82. The maximum absolute atomic E-state index is 13.6. The largest absolute Gasteiger partial charge is 0.478 e. The van der Waals surface area contributed by atoms with E-state index in [0.717, 1.165) is 19.5 Å². The standard InChI is InChI=1S/C13H18FNO2/c1-3-7-15(4-2)9-11-8-10(13(16)17)5-6-12(11)14/h5-6,8H,3-4,7,9H2,1-2H3,(H,16,17). The summed E-state index contributed by atoms with van der Waals surface area (Å²) in [6, 6.07) is 3.92. The number of halogens is 1. The molecule has 1 aromatic carbocycles. The molecule has 3 nitrogen and oxygen atoms in total. The molecule has 0 atom stereocenters. The lowest BCUT2D eigenvalue weighted by atomic mass is 10.1. The average molecular weight is 239 g/mol. The van der Waals surface area contributed by atoms with Gasteiger partial charge in [-0.15, -0.1) is 0 Å². The van der Waals surface area contributed by atoms with Crippen molar-refractivity contribution in [2.45, 2.75) is 26.8 Å². The van der Waals surface area contributed by atoms with Gasteiger partial charge in [0.1, 0.15) is 5.82 Å². The van der Waals surface area contributed by atoms with Gasteiger partial charge in [0.15, 0.2) is 0 Å². The molecule has 0 saturated carbocycles. The Kier molecular flexibility index (Phi) is 5.10. The van der Waals surface area contributed by atoms with Gasteiger partial charge in [-0.2, -0.15) is 0 Å². The van der Waals surface area contributed by atoms with Gasteiger partial charge in [-0.05, 0) is 37.7 Å². The SMILES string of the molecule is CCCN(CC)Cc1cc(C(=O)O)ccc1F. The lowest BCUT2D eigenvalue weighted by Crippen LogP contribution is -2.24. The second-order valence-corrected chi connectivity index (χ2v) is 3.98. The van der Waals surface area contributed by atoms with Crippen LogP contribution in [0.3, 0.4) is 0 Å². The molecule has 4 heteroatoms. The number of hydrogen-bond acceptors (Lipinski definition) is 2. The fourth-order valence-corrected chi connectivity index (χ4v) is 1.74. The molecule has 0 amide bonds. The van der Waals surface area contributed by atoms with Crippen LogP contribution in [0.15, 0.2) is 18.2 Å². The van der Waals surface area contributed by atoms with E-state index in [1.165, 1.54) is 18.2 Å². The van der Waals surface area contributed by atoms with E-state index < -0.39 is 5.97 Å². The molecule has 0 bridgehead atoms. The summed E-state index contributed by atoms with van der Waals surface area (Å²) in [5.74, 6) is -1.37. The van der Waals surface area contributed by atoms with Crippen LogP contribution in [-0.2, 0) is 6.54 Å². The molecule has 0 spiro atoms. The second-order valence-electron chi connectivity index (χ2n) is 3.98. The molecule has 0 aromatic heterocycles. The molecule has 0 aliphatic carbocycles. The molecule has 0 saturated heterocycles. The lowest BCUT2D eigenvalue weighted by molar-refractivity contribution is 0.0696. The third-order valence-corrected chi connectivity index (χ3v) is 2.67. The molecule has 1 aromatic rings. The molecule has 0 fully saturated rings. The number of hydrogen-bond donors (Lipinski definition) is 1. The Hall–Kier alpha value is -1.42. The van der Waals surface area contributed by atoms with Crippen LogP contribution in [0.1, 0.15) is 36.2 Å². The van der Waals surface area contributed by atoms with Crippen molar-refractivity contribution in [3.8, 4) is 0 Å². The fourth-order valence-electron chi connectivity index (χ4n) is 1.74. The topological polar surface area (TPSA) is 40.5 Å². The van der Waals surface area contributed by atoms with Gasteiger partial charge in [-0.25, -0.2) is 9.18 Å². The predicted octanol–water partition coefficient (Wildman–Crippen LogP) is 2.76. The van der Waals surface area contributed by atoms with Gasteiger partial charge in [-0.3, -0.25) is 4.90 Å². The lowest BCUT2D eigenvalue weighted by Gasteiger charge is -2.20. The van der Waals surface area contributed by atoms with Crippen molar-refractivity contribution < 1.29 is 14.3 Å². The predicted molar refractivity (Wildman–Crippen MR) is 64.6 cm³/mol. The maximum atomic E-state index is 13.6. The van der Waals surface area contributed by atoms with Crippen molar-refractivity contribution in [2.24, 2.45) is 0 Å². The second kappa shape index (κ2) is 6.35. The summed E-state index contributed by atoms with van der Waals surface area (Å²) in [7, 11) is 0. The van der Waals surface area contributed by atoms with Crippen LogP contribution >= 0.6 is 0 Å². The van der Waals surface area contributed by atoms with Crippen molar-refractivity contribution in [3.05, 3.63) is 35.1 Å². The van der Waals surface area contributed by atoms with Crippen molar-refractivity contribution >= 4 is 5.97 Å². The van der Waals surface area contributed by atoms with Crippen molar-refractivity contribution in [1.29, 1.82) is 0 Å². The third-order valence-electron chi connectivity index (χ3n) is 2.67. The number of benzene rings is 1. The van der Waals surface area contributed by atoms with Crippen LogP contribution in [0, 0.1) is 5.82 Å². The van der Waals surface area contributed by atoms with E-state index in [0.29, 0.717) is 12.1 Å². The highest BCUT2D eigenvalue weighted by Crippen LogP contribution is 2.13. The molecular weight excluding hydrogens is 221 g/mol. The van der Waals surface area contributed by atoms with E-state index in [-0.39, 0.29) is 11.4 Å². The van der Waals surface area contributed by atoms with Crippen molar-refractivity contribution in [1.82, 2.24) is 4.90 Å². The number of carboxylic acid groups (broad SMARTS) is 1. The summed E-state index contributed by atoms with van der Waals surface area (Å²) in [6.45, 7) is 6.23. The van der Waals surface area contributed by atoms with E-state index in [2.05, 4.69) is 11.8 Å². The van der Waals surface area contributed by atoms with Gasteiger partial charge in [0.25, 0.3) is 0 Å². The zero-order valence-corrected chi connectivity index (χ0v) is 10.2. The Bertz CT molecular complexity index is 393. The third kappa shape index (κ3) is 3.82. The summed E-state index contributed by atoms with van der Waals surface area (Å²) in [6.07, 6.45) is 0.994. The summed E-state index contributed by atoms with van der Waals surface area (Å²) in [5, 5.41) is 8.86. The Morgan fingerprint density at radius 1 is 1.41 bits per heavy atom. The molecule has 0 heterocycles. The Balaban J connectivity index is 2.88. The van der Waals surface area contributed by atoms with E-state index in [9.17, 15) is 9.18 Å². The van der Waals surface area contributed by atoms with Gasteiger partial charge >= 0.3 is 5.97 Å². The van der Waals surface area contributed by atoms with Crippen LogP contribution in [0.5, 0.6) is 0 Å². The van der Waals surface area contributed by atoms with Gasteiger partial charge < -0.3 is 5.11 Å². The highest BCUT2D eigenvalue weighted by Gasteiger charge is 2.11.